The van der Waals surface area contributed by atoms with E-state index in [1.807, 2.05) is 45.0 Å². The van der Waals surface area contributed by atoms with Crippen LogP contribution in [0.5, 0.6) is 0 Å². The second-order valence-corrected chi connectivity index (χ2v) is 7.59. The Labute approximate surface area is 176 Å². The Kier molecular flexibility index (Phi) is 7.17. The summed E-state index contributed by atoms with van der Waals surface area (Å²) in [6.07, 6.45) is 0. The van der Waals surface area contributed by atoms with Gasteiger partial charge in [-0.15, -0.1) is 0 Å². The third kappa shape index (κ3) is 5.22. The van der Waals surface area contributed by atoms with Gasteiger partial charge in [0, 0.05) is 38.3 Å². The minimum Gasteiger partial charge on any atom is -0.338 e. The molecule has 3 rings (SSSR count). The van der Waals surface area contributed by atoms with Crippen LogP contribution in [0.1, 0.15) is 38.3 Å². The van der Waals surface area contributed by atoms with E-state index in [9.17, 15) is 9.59 Å². The molecule has 2 aromatic rings. The van der Waals surface area contributed by atoms with Crippen LogP contribution < -0.4 is 10.6 Å². The molecule has 1 saturated heterocycles. The molecule has 1 aliphatic rings. The normalized spacial score (nSPS) is 17.3. The lowest BCUT2D eigenvalue weighted by molar-refractivity contribution is -0.125. The number of carbonyl (C=O) groups excluding carboxylic acids is 2. The Hall–Kier alpha value is -2.78. The Morgan fingerprint density at radius 2 is 1.73 bits per heavy atom. The van der Waals surface area contributed by atoms with Gasteiger partial charge < -0.3 is 9.84 Å². The summed E-state index contributed by atoms with van der Waals surface area (Å²) in [7, 11) is 0. The first kappa shape index (κ1) is 21.9. The molecule has 1 aromatic carbocycles. The topological polar surface area (TPSA) is 104 Å². The molecule has 1 aliphatic heterocycles. The number of carbonyl (C=O) groups is 2. The van der Waals surface area contributed by atoms with Gasteiger partial charge in [-0.05, 0) is 27.7 Å². The highest BCUT2D eigenvalue weighted by Crippen LogP contribution is 2.24. The van der Waals surface area contributed by atoms with Gasteiger partial charge in [0.1, 0.15) is 0 Å². The molecule has 0 radical (unpaired) electrons. The van der Waals surface area contributed by atoms with Gasteiger partial charge in [0.25, 0.3) is 0 Å². The van der Waals surface area contributed by atoms with E-state index in [0.717, 1.165) is 18.7 Å². The largest absolute Gasteiger partial charge is 0.338 e. The van der Waals surface area contributed by atoms with Gasteiger partial charge in [0.15, 0.2) is 0 Å². The number of rotatable bonds is 6. The van der Waals surface area contributed by atoms with Crippen molar-refractivity contribution in [1.82, 2.24) is 30.6 Å². The molecule has 1 aromatic heterocycles. The van der Waals surface area contributed by atoms with Gasteiger partial charge in [-0.2, -0.15) is 4.98 Å². The van der Waals surface area contributed by atoms with Crippen LogP contribution in [-0.4, -0.2) is 70.6 Å². The molecule has 0 saturated carbocycles. The van der Waals surface area contributed by atoms with Crippen molar-refractivity contribution in [2.75, 3.05) is 32.7 Å². The maximum Gasteiger partial charge on any atom is 0.321 e. The standard InChI is InChI=1S/C21H30N6O3/c1-5-22-21(29)24-19(28)15(3)26-10-12-27(13-11-26)16(4)20-23-18(25-30-20)17-8-6-14(2)7-9-17/h6-9,15-16H,5,10-13H2,1-4H3,(H2,22,24,28,29). The monoisotopic (exact) mass is 414 g/mol. The van der Waals surface area contributed by atoms with E-state index >= 15 is 0 Å². The van der Waals surface area contributed by atoms with Gasteiger partial charge in [-0.1, -0.05) is 35.0 Å². The molecule has 2 unspecified atom stereocenters. The van der Waals surface area contributed by atoms with Crippen LogP contribution in [0.25, 0.3) is 11.4 Å². The third-order valence-electron chi connectivity index (χ3n) is 5.51. The molecular formula is C21H30N6O3. The molecule has 0 spiro atoms. The first-order valence-electron chi connectivity index (χ1n) is 10.4. The summed E-state index contributed by atoms with van der Waals surface area (Å²) in [5.74, 6) is 0.884. The lowest BCUT2D eigenvalue weighted by Gasteiger charge is -2.38. The van der Waals surface area contributed by atoms with Crippen molar-refractivity contribution in [1.29, 1.82) is 0 Å². The number of urea groups is 1. The fourth-order valence-corrected chi connectivity index (χ4v) is 3.48. The number of hydrogen-bond acceptors (Lipinski definition) is 7. The van der Waals surface area contributed by atoms with Gasteiger partial charge >= 0.3 is 6.03 Å². The quantitative estimate of drug-likeness (QED) is 0.745. The maximum atomic E-state index is 12.3. The van der Waals surface area contributed by atoms with E-state index < -0.39 is 6.03 Å². The number of imide groups is 1. The zero-order valence-electron chi connectivity index (χ0n) is 18.0. The number of benzene rings is 1. The summed E-state index contributed by atoms with van der Waals surface area (Å²) in [5.41, 5.74) is 2.11. The number of aromatic nitrogens is 2. The predicted molar refractivity (Wildman–Crippen MR) is 113 cm³/mol. The molecule has 2 heterocycles. The number of nitrogens with one attached hydrogen (secondary N) is 2. The summed E-state index contributed by atoms with van der Waals surface area (Å²) >= 11 is 0. The van der Waals surface area contributed by atoms with Crippen molar-refractivity contribution in [3.8, 4) is 11.4 Å². The Bertz CT molecular complexity index is 858. The molecule has 30 heavy (non-hydrogen) atoms. The van der Waals surface area contributed by atoms with Crippen LogP contribution in [-0.2, 0) is 4.79 Å². The molecule has 0 aliphatic carbocycles. The molecule has 9 nitrogen and oxygen atoms in total. The SMILES string of the molecule is CCNC(=O)NC(=O)C(C)N1CCN(C(C)c2nc(-c3ccc(C)cc3)no2)CC1. The van der Waals surface area contributed by atoms with Crippen LogP contribution in [0, 0.1) is 6.92 Å². The first-order valence-corrected chi connectivity index (χ1v) is 10.4. The average Bonchev–Trinajstić information content (AvgIpc) is 3.23. The lowest BCUT2D eigenvalue weighted by Crippen LogP contribution is -2.55. The minimum atomic E-state index is -0.456. The highest BCUT2D eigenvalue weighted by Gasteiger charge is 2.30. The van der Waals surface area contributed by atoms with E-state index in [4.69, 9.17) is 4.52 Å². The smallest absolute Gasteiger partial charge is 0.321 e. The van der Waals surface area contributed by atoms with Crippen molar-refractivity contribution in [2.45, 2.75) is 39.8 Å². The number of aryl methyl sites for hydroxylation is 1. The second-order valence-electron chi connectivity index (χ2n) is 7.59. The summed E-state index contributed by atoms with van der Waals surface area (Å²) in [6.45, 7) is 11.2. The fraction of sp³-hybridized carbons (Fsp3) is 0.524. The zero-order valence-corrected chi connectivity index (χ0v) is 18.0. The Balaban J connectivity index is 1.54. The van der Waals surface area contributed by atoms with Crippen LogP contribution in [0.15, 0.2) is 28.8 Å². The Morgan fingerprint density at radius 1 is 1.10 bits per heavy atom. The van der Waals surface area contributed by atoms with Crippen molar-refractivity contribution < 1.29 is 14.1 Å². The number of amides is 3. The van der Waals surface area contributed by atoms with Crippen molar-refractivity contribution >= 4 is 11.9 Å². The van der Waals surface area contributed by atoms with Gasteiger partial charge in [-0.3, -0.25) is 19.9 Å². The number of hydrogen-bond donors (Lipinski definition) is 2. The molecule has 9 heteroatoms. The molecule has 162 valence electrons. The van der Waals surface area contributed by atoms with Gasteiger partial charge in [0.2, 0.25) is 17.6 Å². The second kappa shape index (κ2) is 9.82. The van der Waals surface area contributed by atoms with Crippen molar-refractivity contribution in [3.05, 3.63) is 35.7 Å². The third-order valence-corrected chi connectivity index (χ3v) is 5.51. The fourth-order valence-electron chi connectivity index (χ4n) is 3.48. The summed E-state index contributed by atoms with van der Waals surface area (Å²) in [5, 5.41) is 9.08. The van der Waals surface area contributed by atoms with Crippen molar-refractivity contribution in [3.63, 3.8) is 0 Å². The molecule has 2 atom stereocenters. The van der Waals surface area contributed by atoms with E-state index in [1.165, 1.54) is 5.56 Å². The number of nitrogens with zero attached hydrogens (tertiary/aromatic N) is 4. The molecular weight excluding hydrogens is 384 g/mol. The highest BCUT2D eigenvalue weighted by atomic mass is 16.5. The van der Waals surface area contributed by atoms with Crippen LogP contribution in [0.4, 0.5) is 4.79 Å². The van der Waals surface area contributed by atoms with E-state index in [1.54, 1.807) is 6.92 Å². The summed E-state index contributed by atoms with van der Waals surface area (Å²) in [6, 6.07) is 7.18. The van der Waals surface area contributed by atoms with Crippen LogP contribution in [0.2, 0.25) is 0 Å². The molecule has 0 bridgehead atoms. The number of piperazine rings is 1. The minimum absolute atomic E-state index is 0.0155. The predicted octanol–water partition coefficient (Wildman–Crippen LogP) is 1.96. The molecule has 3 amide bonds. The van der Waals surface area contributed by atoms with Crippen molar-refractivity contribution in [2.24, 2.45) is 0 Å². The lowest BCUT2D eigenvalue weighted by atomic mass is 10.1. The van der Waals surface area contributed by atoms with Crippen LogP contribution in [0.3, 0.4) is 0 Å². The van der Waals surface area contributed by atoms with E-state index in [2.05, 4.69) is 30.6 Å². The average molecular weight is 415 g/mol. The summed E-state index contributed by atoms with van der Waals surface area (Å²) < 4.78 is 5.52. The van der Waals surface area contributed by atoms with E-state index in [0.29, 0.717) is 31.3 Å². The van der Waals surface area contributed by atoms with Gasteiger partial charge in [0.05, 0.1) is 12.1 Å². The zero-order chi connectivity index (χ0) is 21.7. The van der Waals surface area contributed by atoms with E-state index in [-0.39, 0.29) is 18.0 Å². The Morgan fingerprint density at radius 3 is 2.37 bits per heavy atom. The molecule has 1 fully saturated rings. The van der Waals surface area contributed by atoms with Gasteiger partial charge in [-0.25, -0.2) is 4.79 Å². The highest BCUT2D eigenvalue weighted by molar-refractivity contribution is 5.96. The maximum absolute atomic E-state index is 12.3. The summed E-state index contributed by atoms with van der Waals surface area (Å²) in [4.78, 5) is 32.7. The first-order chi connectivity index (χ1) is 14.4. The molecule has 2 N–H and O–H groups in total. The van der Waals surface area contributed by atoms with Crippen LogP contribution >= 0.6 is 0 Å².